The normalized spacial score (nSPS) is 11.0. The average Bonchev–Trinajstić information content (AvgIpc) is 3.24. The van der Waals surface area contributed by atoms with Gasteiger partial charge in [0.1, 0.15) is 11.9 Å². The second kappa shape index (κ2) is 6.04. The van der Waals surface area contributed by atoms with E-state index in [0.717, 1.165) is 22.4 Å². The van der Waals surface area contributed by atoms with E-state index >= 15 is 0 Å². The average molecular weight is 347 g/mol. The number of aromatic nitrogens is 4. The SMILES string of the molecule is Cc1cc(NCc2nc(N(C)C)no2)n2c(nc3ccccc32)c1C#N. The van der Waals surface area contributed by atoms with Gasteiger partial charge in [-0.3, -0.25) is 4.40 Å². The van der Waals surface area contributed by atoms with E-state index in [-0.39, 0.29) is 0 Å². The van der Waals surface area contributed by atoms with Crippen molar-refractivity contribution < 1.29 is 4.52 Å². The van der Waals surface area contributed by atoms with Crippen LogP contribution < -0.4 is 10.2 Å². The molecule has 0 radical (unpaired) electrons. The van der Waals surface area contributed by atoms with Crippen LogP contribution in [-0.4, -0.2) is 33.6 Å². The molecule has 0 bridgehead atoms. The lowest BCUT2D eigenvalue weighted by Gasteiger charge is -2.11. The summed E-state index contributed by atoms with van der Waals surface area (Å²) in [6, 6.07) is 12.0. The van der Waals surface area contributed by atoms with Gasteiger partial charge in [-0.15, -0.1) is 0 Å². The van der Waals surface area contributed by atoms with Crippen molar-refractivity contribution in [2.45, 2.75) is 13.5 Å². The maximum Gasteiger partial charge on any atom is 0.265 e. The third kappa shape index (κ3) is 2.50. The molecule has 1 N–H and O–H groups in total. The van der Waals surface area contributed by atoms with E-state index in [4.69, 9.17) is 4.52 Å². The fourth-order valence-corrected chi connectivity index (χ4v) is 2.89. The van der Waals surface area contributed by atoms with Crippen molar-refractivity contribution in [1.82, 2.24) is 19.5 Å². The van der Waals surface area contributed by atoms with E-state index in [0.29, 0.717) is 29.6 Å². The quantitative estimate of drug-likeness (QED) is 0.606. The van der Waals surface area contributed by atoms with Crippen LogP contribution >= 0.6 is 0 Å². The van der Waals surface area contributed by atoms with Crippen molar-refractivity contribution in [3.63, 3.8) is 0 Å². The standard InChI is InChI=1S/C18H17N7O/c1-11-8-15(20-10-16-22-18(23-26-16)24(2)3)25-14-7-5-4-6-13(14)21-17(25)12(11)9-19/h4-8,20H,10H2,1-3H3. The highest BCUT2D eigenvalue weighted by Crippen LogP contribution is 2.26. The molecule has 26 heavy (non-hydrogen) atoms. The molecule has 8 nitrogen and oxygen atoms in total. The molecule has 0 spiro atoms. The zero-order valence-electron chi connectivity index (χ0n) is 14.7. The van der Waals surface area contributed by atoms with Crippen molar-refractivity contribution in [2.24, 2.45) is 0 Å². The highest BCUT2D eigenvalue weighted by atomic mass is 16.5. The number of pyridine rings is 1. The summed E-state index contributed by atoms with van der Waals surface area (Å²) in [6.45, 7) is 2.27. The van der Waals surface area contributed by atoms with E-state index in [2.05, 4.69) is 26.5 Å². The molecule has 1 aromatic carbocycles. The van der Waals surface area contributed by atoms with Crippen LogP contribution in [0.2, 0.25) is 0 Å². The van der Waals surface area contributed by atoms with Crippen LogP contribution in [0.4, 0.5) is 11.8 Å². The molecule has 0 unspecified atom stereocenters. The minimum atomic E-state index is 0.369. The molecule has 130 valence electrons. The minimum Gasteiger partial charge on any atom is -0.362 e. The molecule has 0 fully saturated rings. The van der Waals surface area contributed by atoms with Crippen LogP contribution in [0.5, 0.6) is 0 Å². The molecule has 8 heteroatoms. The van der Waals surface area contributed by atoms with E-state index in [1.54, 1.807) is 4.90 Å². The fraction of sp³-hybridized carbons (Fsp3) is 0.222. The Morgan fingerprint density at radius 1 is 1.27 bits per heavy atom. The Morgan fingerprint density at radius 2 is 2.08 bits per heavy atom. The molecule has 3 heterocycles. The molecule has 0 amide bonds. The number of aryl methyl sites for hydroxylation is 1. The molecule has 0 aliphatic rings. The van der Waals surface area contributed by atoms with Gasteiger partial charge in [0.2, 0.25) is 5.89 Å². The Labute approximate surface area is 149 Å². The van der Waals surface area contributed by atoms with Crippen molar-refractivity contribution in [2.75, 3.05) is 24.3 Å². The number of hydrogen-bond donors (Lipinski definition) is 1. The largest absolute Gasteiger partial charge is 0.362 e. The topological polar surface area (TPSA) is 95.3 Å². The van der Waals surface area contributed by atoms with Gasteiger partial charge in [-0.2, -0.15) is 10.2 Å². The number of anilines is 2. The number of nitriles is 1. The number of hydrogen-bond acceptors (Lipinski definition) is 7. The summed E-state index contributed by atoms with van der Waals surface area (Å²) >= 11 is 0. The first-order valence-electron chi connectivity index (χ1n) is 8.13. The molecule has 0 saturated carbocycles. The third-order valence-corrected chi connectivity index (χ3v) is 4.16. The summed E-state index contributed by atoms with van der Waals surface area (Å²) in [7, 11) is 3.71. The maximum atomic E-state index is 9.53. The number of nitrogens with one attached hydrogen (secondary N) is 1. The lowest BCUT2D eigenvalue weighted by atomic mass is 10.1. The van der Waals surface area contributed by atoms with Gasteiger partial charge in [-0.1, -0.05) is 12.1 Å². The third-order valence-electron chi connectivity index (χ3n) is 4.16. The first-order valence-corrected chi connectivity index (χ1v) is 8.13. The molecular formula is C18H17N7O. The van der Waals surface area contributed by atoms with Gasteiger partial charge in [0.25, 0.3) is 5.95 Å². The van der Waals surface area contributed by atoms with Crippen molar-refractivity contribution in [3.8, 4) is 6.07 Å². The molecule has 4 aromatic rings. The Balaban J connectivity index is 1.80. The number of benzene rings is 1. The molecule has 0 atom stereocenters. The van der Waals surface area contributed by atoms with Crippen molar-refractivity contribution in [3.05, 3.63) is 47.3 Å². The Kier molecular flexibility index (Phi) is 3.69. The van der Waals surface area contributed by atoms with Crippen LogP contribution in [0.1, 0.15) is 17.0 Å². The Bertz CT molecular complexity index is 1150. The lowest BCUT2D eigenvalue weighted by molar-refractivity contribution is 0.383. The van der Waals surface area contributed by atoms with Crippen molar-refractivity contribution in [1.29, 1.82) is 5.26 Å². The zero-order chi connectivity index (χ0) is 18.3. The predicted octanol–water partition coefficient (Wildman–Crippen LogP) is 2.73. The van der Waals surface area contributed by atoms with Gasteiger partial charge < -0.3 is 14.7 Å². The van der Waals surface area contributed by atoms with Crippen LogP contribution in [0.3, 0.4) is 0 Å². The highest BCUT2D eigenvalue weighted by Gasteiger charge is 2.15. The first kappa shape index (κ1) is 15.9. The molecule has 0 aliphatic heterocycles. The second-order valence-corrected chi connectivity index (χ2v) is 6.20. The smallest absolute Gasteiger partial charge is 0.265 e. The highest BCUT2D eigenvalue weighted by molar-refractivity contribution is 5.85. The monoisotopic (exact) mass is 347 g/mol. The van der Waals surface area contributed by atoms with Gasteiger partial charge in [-0.05, 0) is 35.8 Å². The summed E-state index contributed by atoms with van der Waals surface area (Å²) in [5, 5.41) is 16.8. The number of imidazole rings is 1. The summed E-state index contributed by atoms with van der Waals surface area (Å²) in [4.78, 5) is 10.7. The van der Waals surface area contributed by atoms with Crippen LogP contribution in [-0.2, 0) is 6.54 Å². The minimum absolute atomic E-state index is 0.369. The van der Waals surface area contributed by atoms with E-state index in [1.807, 2.05) is 55.8 Å². The maximum absolute atomic E-state index is 9.53. The van der Waals surface area contributed by atoms with Crippen LogP contribution in [0.15, 0.2) is 34.9 Å². The summed E-state index contributed by atoms with van der Waals surface area (Å²) in [5.41, 5.74) is 3.83. The number of nitrogens with zero attached hydrogens (tertiary/aromatic N) is 6. The number of rotatable bonds is 4. The summed E-state index contributed by atoms with van der Waals surface area (Å²) in [5.74, 6) is 1.82. The fourth-order valence-electron chi connectivity index (χ4n) is 2.89. The zero-order valence-corrected chi connectivity index (χ0v) is 14.7. The Morgan fingerprint density at radius 3 is 2.81 bits per heavy atom. The van der Waals surface area contributed by atoms with Gasteiger partial charge in [0.05, 0.1) is 23.1 Å². The van der Waals surface area contributed by atoms with E-state index in [9.17, 15) is 5.26 Å². The van der Waals surface area contributed by atoms with E-state index in [1.165, 1.54) is 0 Å². The predicted molar refractivity (Wildman–Crippen MR) is 98.1 cm³/mol. The lowest BCUT2D eigenvalue weighted by Crippen LogP contribution is -2.10. The van der Waals surface area contributed by atoms with Crippen LogP contribution in [0.25, 0.3) is 16.7 Å². The van der Waals surface area contributed by atoms with Gasteiger partial charge in [0, 0.05) is 14.1 Å². The second-order valence-electron chi connectivity index (χ2n) is 6.20. The molecule has 4 rings (SSSR count). The van der Waals surface area contributed by atoms with Crippen molar-refractivity contribution >= 4 is 28.4 Å². The molecule has 0 aliphatic carbocycles. The number of fused-ring (bicyclic) bond motifs is 3. The summed E-state index contributed by atoms with van der Waals surface area (Å²) in [6.07, 6.45) is 0. The first-order chi connectivity index (χ1) is 12.6. The number of para-hydroxylation sites is 2. The van der Waals surface area contributed by atoms with Gasteiger partial charge in [-0.25, -0.2) is 4.98 Å². The molecule has 3 aromatic heterocycles. The van der Waals surface area contributed by atoms with Crippen LogP contribution in [0, 0.1) is 18.3 Å². The van der Waals surface area contributed by atoms with E-state index < -0.39 is 0 Å². The van der Waals surface area contributed by atoms with Gasteiger partial charge >= 0.3 is 0 Å². The summed E-state index contributed by atoms with van der Waals surface area (Å²) < 4.78 is 7.21. The molecular weight excluding hydrogens is 330 g/mol. The Hall–Kier alpha value is -3.60. The van der Waals surface area contributed by atoms with Gasteiger partial charge in [0.15, 0.2) is 5.65 Å². The molecule has 0 saturated heterocycles.